The molecule has 0 aliphatic heterocycles. The van der Waals surface area contributed by atoms with Crippen LogP contribution in [-0.4, -0.2) is 37.4 Å². The fraction of sp³-hybridized carbons (Fsp3) is 0.154. The number of amides is 1. The summed E-state index contributed by atoms with van der Waals surface area (Å²) in [6.45, 7) is 0.241. The molecule has 2 aromatic rings. The van der Waals surface area contributed by atoms with E-state index in [1.54, 1.807) is 18.2 Å². The Labute approximate surface area is 122 Å². The van der Waals surface area contributed by atoms with Crippen LogP contribution in [0.5, 0.6) is 0 Å². The van der Waals surface area contributed by atoms with E-state index in [0.29, 0.717) is 0 Å². The maximum Gasteiger partial charge on any atom is 0.271 e. The van der Waals surface area contributed by atoms with Gasteiger partial charge in [-0.25, -0.2) is 18.1 Å². The van der Waals surface area contributed by atoms with Gasteiger partial charge >= 0.3 is 0 Å². The van der Waals surface area contributed by atoms with Crippen molar-refractivity contribution >= 4 is 15.9 Å². The third kappa shape index (κ3) is 4.33. The zero-order valence-corrected chi connectivity index (χ0v) is 11.9. The predicted octanol–water partition coefficient (Wildman–Crippen LogP) is 0.185. The van der Waals surface area contributed by atoms with E-state index in [-0.39, 0.29) is 23.7 Å². The Morgan fingerprint density at radius 3 is 2.52 bits per heavy atom. The van der Waals surface area contributed by atoms with E-state index in [1.165, 1.54) is 30.7 Å². The maximum atomic E-state index is 11.9. The Morgan fingerprint density at radius 1 is 1.10 bits per heavy atom. The van der Waals surface area contributed by atoms with Crippen molar-refractivity contribution in [2.24, 2.45) is 0 Å². The fourth-order valence-electron chi connectivity index (χ4n) is 1.55. The smallest absolute Gasteiger partial charge is 0.271 e. The number of carbonyl (C=O) groups is 1. The molecule has 0 atom stereocenters. The van der Waals surface area contributed by atoms with Crippen LogP contribution >= 0.6 is 0 Å². The summed E-state index contributed by atoms with van der Waals surface area (Å²) in [5.41, 5.74) is 0.184. The molecule has 2 N–H and O–H groups in total. The van der Waals surface area contributed by atoms with E-state index in [1.807, 2.05) is 0 Å². The second kappa shape index (κ2) is 6.91. The highest BCUT2D eigenvalue weighted by atomic mass is 32.2. The van der Waals surface area contributed by atoms with E-state index < -0.39 is 15.9 Å². The van der Waals surface area contributed by atoms with Crippen molar-refractivity contribution in [2.75, 3.05) is 13.1 Å². The van der Waals surface area contributed by atoms with E-state index in [0.717, 1.165) is 0 Å². The lowest BCUT2D eigenvalue weighted by Gasteiger charge is -2.07. The maximum absolute atomic E-state index is 11.9. The highest BCUT2D eigenvalue weighted by Gasteiger charge is 2.12. The van der Waals surface area contributed by atoms with Crippen molar-refractivity contribution in [2.45, 2.75) is 4.90 Å². The first kappa shape index (κ1) is 15.1. The van der Waals surface area contributed by atoms with Crippen LogP contribution < -0.4 is 10.0 Å². The third-order valence-electron chi connectivity index (χ3n) is 2.55. The van der Waals surface area contributed by atoms with Gasteiger partial charge in [-0.05, 0) is 12.1 Å². The molecule has 110 valence electrons. The topological polar surface area (TPSA) is 101 Å². The van der Waals surface area contributed by atoms with Crippen molar-refractivity contribution in [1.82, 2.24) is 20.0 Å². The number of hydrogen-bond acceptors (Lipinski definition) is 5. The first-order chi connectivity index (χ1) is 10.1. The molecule has 7 nitrogen and oxygen atoms in total. The van der Waals surface area contributed by atoms with Gasteiger partial charge in [-0.3, -0.25) is 9.78 Å². The number of nitrogens with one attached hydrogen (secondary N) is 2. The van der Waals surface area contributed by atoms with Gasteiger partial charge in [-0.1, -0.05) is 18.2 Å². The minimum absolute atomic E-state index is 0.0865. The molecule has 0 aliphatic rings. The molecule has 2 rings (SSSR count). The van der Waals surface area contributed by atoms with Gasteiger partial charge in [0.2, 0.25) is 10.0 Å². The first-order valence-corrected chi connectivity index (χ1v) is 7.67. The molecule has 1 heterocycles. The molecule has 0 radical (unpaired) electrons. The lowest BCUT2D eigenvalue weighted by Crippen LogP contribution is -2.35. The van der Waals surface area contributed by atoms with Crippen LogP contribution in [0.15, 0.2) is 53.8 Å². The second-order valence-corrected chi connectivity index (χ2v) is 5.82. The summed E-state index contributed by atoms with van der Waals surface area (Å²) in [5, 5.41) is 2.55. The average Bonchev–Trinajstić information content (AvgIpc) is 2.53. The van der Waals surface area contributed by atoms with Gasteiger partial charge < -0.3 is 5.32 Å². The number of aromatic nitrogens is 2. The highest BCUT2D eigenvalue weighted by Crippen LogP contribution is 2.06. The highest BCUT2D eigenvalue weighted by molar-refractivity contribution is 7.89. The molecule has 1 aromatic heterocycles. The molecule has 21 heavy (non-hydrogen) atoms. The van der Waals surface area contributed by atoms with Gasteiger partial charge in [0, 0.05) is 25.5 Å². The number of rotatable bonds is 6. The van der Waals surface area contributed by atoms with Gasteiger partial charge in [-0.15, -0.1) is 0 Å². The van der Waals surface area contributed by atoms with Crippen LogP contribution in [0.3, 0.4) is 0 Å². The minimum Gasteiger partial charge on any atom is -0.349 e. The van der Waals surface area contributed by atoms with Gasteiger partial charge in [-0.2, -0.15) is 0 Å². The van der Waals surface area contributed by atoms with Crippen LogP contribution in [0.25, 0.3) is 0 Å². The molecular weight excluding hydrogens is 292 g/mol. The second-order valence-electron chi connectivity index (χ2n) is 4.06. The van der Waals surface area contributed by atoms with Crippen LogP contribution in [-0.2, 0) is 10.0 Å². The van der Waals surface area contributed by atoms with E-state index in [2.05, 4.69) is 20.0 Å². The lowest BCUT2D eigenvalue weighted by atomic mass is 10.4. The molecular formula is C13H14N4O3S. The molecule has 1 aromatic carbocycles. The normalized spacial score (nSPS) is 11.0. The Hall–Kier alpha value is -2.32. The molecule has 1 amide bonds. The molecule has 0 aliphatic carbocycles. The quantitative estimate of drug-likeness (QED) is 0.742. The Bertz CT molecular complexity index is 690. The first-order valence-electron chi connectivity index (χ1n) is 6.18. The lowest BCUT2D eigenvalue weighted by molar-refractivity contribution is 0.0949. The molecule has 0 bridgehead atoms. The zero-order valence-electron chi connectivity index (χ0n) is 11.1. The third-order valence-corrected chi connectivity index (χ3v) is 4.03. The van der Waals surface area contributed by atoms with Crippen molar-refractivity contribution in [3.05, 3.63) is 54.6 Å². The number of nitrogens with zero attached hydrogens (tertiary/aromatic N) is 2. The summed E-state index contributed by atoms with van der Waals surface area (Å²) in [7, 11) is -3.55. The summed E-state index contributed by atoms with van der Waals surface area (Å²) >= 11 is 0. The van der Waals surface area contributed by atoms with Gasteiger partial charge in [0.25, 0.3) is 5.91 Å². The van der Waals surface area contributed by atoms with Gasteiger partial charge in [0.1, 0.15) is 5.69 Å². The van der Waals surface area contributed by atoms with Gasteiger partial charge in [0.05, 0.1) is 11.1 Å². The summed E-state index contributed by atoms with van der Waals surface area (Å²) in [5.74, 6) is -0.401. The zero-order chi connectivity index (χ0) is 15.1. The minimum atomic E-state index is -3.55. The summed E-state index contributed by atoms with van der Waals surface area (Å²) in [6.07, 6.45) is 4.21. The van der Waals surface area contributed by atoms with E-state index >= 15 is 0 Å². The van der Waals surface area contributed by atoms with Crippen LogP contribution in [0.2, 0.25) is 0 Å². The predicted molar refractivity (Wildman–Crippen MR) is 76.0 cm³/mol. The summed E-state index contributed by atoms with van der Waals surface area (Å²) in [4.78, 5) is 19.5. The van der Waals surface area contributed by atoms with E-state index in [4.69, 9.17) is 0 Å². The summed E-state index contributed by atoms with van der Waals surface area (Å²) in [6, 6.07) is 8.02. The Balaban J connectivity index is 1.81. The van der Waals surface area contributed by atoms with E-state index in [9.17, 15) is 13.2 Å². The van der Waals surface area contributed by atoms with Crippen LogP contribution in [0.1, 0.15) is 10.5 Å². The largest absolute Gasteiger partial charge is 0.349 e. The van der Waals surface area contributed by atoms with Crippen LogP contribution in [0, 0.1) is 0 Å². The Morgan fingerprint density at radius 2 is 1.86 bits per heavy atom. The standard InChI is InChI=1S/C13H14N4O3S/c18-13(12-10-14-6-7-15-12)16-8-9-17-21(19,20)11-4-2-1-3-5-11/h1-7,10,17H,8-9H2,(H,16,18). The SMILES string of the molecule is O=C(NCCNS(=O)(=O)c1ccccc1)c1cnccn1. The van der Waals surface area contributed by atoms with Crippen molar-refractivity contribution in [1.29, 1.82) is 0 Å². The molecule has 0 fully saturated rings. The van der Waals surface area contributed by atoms with Gasteiger partial charge in [0.15, 0.2) is 0 Å². The van der Waals surface area contributed by atoms with Crippen molar-refractivity contribution in [3.8, 4) is 0 Å². The number of benzene rings is 1. The molecule has 8 heteroatoms. The molecule has 0 saturated carbocycles. The summed E-state index contributed by atoms with van der Waals surface area (Å²) < 4.78 is 26.2. The molecule has 0 unspecified atom stereocenters. The number of sulfonamides is 1. The van der Waals surface area contributed by atoms with Crippen molar-refractivity contribution < 1.29 is 13.2 Å². The number of hydrogen-bond donors (Lipinski definition) is 2. The molecule has 0 saturated heterocycles. The fourth-order valence-corrected chi connectivity index (χ4v) is 2.60. The van der Waals surface area contributed by atoms with Crippen LogP contribution in [0.4, 0.5) is 0 Å². The monoisotopic (exact) mass is 306 g/mol. The Kier molecular flexibility index (Phi) is 4.96. The number of carbonyl (C=O) groups excluding carboxylic acids is 1. The molecule has 0 spiro atoms. The van der Waals surface area contributed by atoms with Crippen molar-refractivity contribution in [3.63, 3.8) is 0 Å². The average molecular weight is 306 g/mol.